The third-order valence-corrected chi connectivity index (χ3v) is 3.58. The van der Waals surface area contributed by atoms with Crippen LogP contribution in [-0.4, -0.2) is 12.6 Å². The zero-order chi connectivity index (χ0) is 14.6. The Morgan fingerprint density at radius 1 is 1.16 bits per heavy atom. The quantitative estimate of drug-likeness (QED) is 0.804. The van der Waals surface area contributed by atoms with E-state index >= 15 is 0 Å². The maximum Gasteiger partial charge on any atom is 0.129 e. The van der Waals surface area contributed by atoms with Gasteiger partial charge in [0.15, 0.2) is 0 Å². The number of halogens is 1. The maximum atomic E-state index is 13.6. The van der Waals surface area contributed by atoms with Crippen LogP contribution in [0.5, 0.6) is 0 Å². The lowest BCUT2D eigenvalue weighted by Crippen LogP contribution is -2.34. The first-order valence-electron chi connectivity index (χ1n) is 7.20. The van der Waals surface area contributed by atoms with Crippen LogP contribution in [0.3, 0.4) is 0 Å². The molecule has 0 spiro atoms. The standard InChI is InChI=1S/C17H28FN/c1-12(2)19-11-17(5,6)8-7-15-9-13(3)16(18)14(4)10-15/h9-10,12,19H,7-8,11H2,1-6H3. The van der Waals surface area contributed by atoms with Gasteiger partial charge in [-0.25, -0.2) is 4.39 Å². The third-order valence-electron chi connectivity index (χ3n) is 3.58. The van der Waals surface area contributed by atoms with Crippen LogP contribution in [0.15, 0.2) is 12.1 Å². The van der Waals surface area contributed by atoms with Crippen LogP contribution in [0.25, 0.3) is 0 Å². The molecule has 108 valence electrons. The highest BCUT2D eigenvalue weighted by Crippen LogP contribution is 2.24. The zero-order valence-corrected chi connectivity index (χ0v) is 13.2. The minimum absolute atomic E-state index is 0.0653. The van der Waals surface area contributed by atoms with Gasteiger partial charge in [-0.3, -0.25) is 0 Å². The van der Waals surface area contributed by atoms with Gasteiger partial charge in [0.25, 0.3) is 0 Å². The van der Waals surface area contributed by atoms with Crippen LogP contribution in [0.1, 0.15) is 50.8 Å². The van der Waals surface area contributed by atoms with Gasteiger partial charge >= 0.3 is 0 Å². The van der Waals surface area contributed by atoms with Crippen molar-refractivity contribution in [2.45, 2.75) is 60.4 Å². The number of aryl methyl sites for hydroxylation is 3. The normalized spacial score (nSPS) is 12.2. The van der Waals surface area contributed by atoms with E-state index in [-0.39, 0.29) is 11.2 Å². The molecular weight excluding hydrogens is 237 g/mol. The lowest BCUT2D eigenvalue weighted by Gasteiger charge is -2.26. The first kappa shape index (κ1) is 16.2. The van der Waals surface area contributed by atoms with Crippen molar-refractivity contribution in [3.8, 4) is 0 Å². The Hall–Kier alpha value is -0.890. The molecule has 0 radical (unpaired) electrons. The van der Waals surface area contributed by atoms with Crippen LogP contribution in [0.2, 0.25) is 0 Å². The summed E-state index contributed by atoms with van der Waals surface area (Å²) in [4.78, 5) is 0. The summed E-state index contributed by atoms with van der Waals surface area (Å²) in [6, 6.07) is 4.48. The Labute approximate surface area is 117 Å². The van der Waals surface area contributed by atoms with Crippen molar-refractivity contribution >= 4 is 0 Å². The van der Waals surface area contributed by atoms with Crippen molar-refractivity contribution in [3.63, 3.8) is 0 Å². The first-order chi connectivity index (χ1) is 8.71. The van der Waals surface area contributed by atoms with Crippen LogP contribution in [0, 0.1) is 25.1 Å². The Morgan fingerprint density at radius 3 is 2.16 bits per heavy atom. The van der Waals surface area contributed by atoms with Gasteiger partial charge in [-0.2, -0.15) is 0 Å². The topological polar surface area (TPSA) is 12.0 Å². The second kappa shape index (κ2) is 6.51. The van der Waals surface area contributed by atoms with Crippen molar-refractivity contribution in [3.05, 3.63) is 34.6 Å². The number of benzene rings is 1. The maximum absolute atomic E-state index is 13.6. The molecule has 0 fully saturated rings. The van der Waals surface area contributed by atoms with Gasteiger partial charge in [0, 0.05) is 12.6 Å². The molecule has 1 rings (SSSR count). The second-order valence-electron chi connectivity index (χ2n) is 6.74. The molecule has 0 unspecified atom stereocenters. The molecular formula is C17H28FN. The van der Waals surface area contributed by atoms with Gasteiger partial charge in [-0.05, 0) is 48.8 Å². The SMILES string of the molecule is Cc1cc(CCC(C)(C)CNC(C)C)cc(C)c1F. The van der Waals surface area contributed by atoms with Crippen molar-refractivity contribution in [2.24, 2.45) is 5.41 Å². The second-order valence-corrected chi connectivity index (χ2v) is 6.74. The summed E-state index contributed by atoms with van der Waals surface area (Å²) in [5, 5.41) is 3.49. The van der Waals surface area contributed by atoms with E-state index in [0.29, 0.717) is 6.04 Å². The lowest BCUT2D eigenvalue weighted by atomic mass is 9.85. The predicted molar refractivity (Wildman–Crippen MR) is 81.1 cm³/mol. The highest BCUT2D eigenvalue weighted by Gasteiger charge is 2.18. The number of rotatable bonds is 6. The minimum Gasteiger partial charge on any atom is -0.314 e. The fourth-order valence-electron chi connectivity index (χ4n) is 2.23. The molecule has 0 aliphatic carbocycles. The van der Waals surface area contributed by atoms with Crippen molar-refractivity contribution in [2.75, 3.05) is 6.54 Å². The molecule has 1 nitrogen and oxygen atoms in total. The predicted octanol–water partition coefficient (Wildman–Crippen LogP) is 4.40. The molecule has 0 saturated heterocycles. The molecule has 1 aromatic carbocycles. The van der Waals surface area contributed by atoms with Gasteiger partial charge in [0.2, 0.25) is 0 Å². The lowest BCUT2D eigenvalue weighted by molar-refractivity contribution is 0.304. The molecule has 0 aliphatic heterocycles. The fraction of sp³-hybridized carbons (Fsp3) is 0.647. The van der Waals surface area contributed by atoms with E-state index in [2.05, 4.69) is 33.0 Å². The van der Waals surface area contributed by atoms with Crippen LogP contribution in [0.4, 0.5) is 4.39 Å². The monoisotopic (exact) mass is 265 g/mol. The largest absolute Gasteiger partial charge is 0.314 e. The smallest absolute Gasteiger partial charge is 0.129 e. The van der Waals surface area contributed by atoms with Crippen molar-refractivity contribution < 1.29 is 4.39 Å². The van der Waals surface area contributed by atoms with Gasteiger partial charge in [0.05, 0.1) is 0 Å². The van der Waals surface area contributed by atoms with E-state index in [9.17, 15) is 4.39 Å². The molecule has 0 amide bonds. The van der Waals surface area contributed by atoms with E-state index < -0.39 is 0 Å². The van der Waals surface area contributed by atoms with Gasteiger partial charge in [0.1, 0.15) is 5.82 Å². The fourth-order valence-corrected chi connectivity index (χ4v) is 2.23. The molecule has 0 atom stereocenters. The number of hydrogen-bond acceptors (Lipinski definition) is 1. The summed E-state index contributed by atoms with van der Waals surface area (Å²) < 4.78 is 13.6. The Bertz CT molecular complexity index is 398. The summed E-state index contributed by atoms with van der Waals surface area (Å²) in [5.74, 6) is -0.0653. The molecule has 0 heterocycles. The highest BCUT2D eigenvalue weighted by atomic mass is 19.1. The Balaban J connectivity index is 2.61. The van der Waals surface area contributed by atoms with E-state index in [1.165, 1.54) is 5.56 Å². The van der Waals surface area contributed by atoms with Gasteiger partial charge < -0.3 is 5.32 Å². The van der Waals surface area contributed by atoms with Crippen LogP contribution in [-0.2, 0) is 6.42 Å². The summed E-state index contributed by atoms with van der Waals surface area (Å²) in [6.45, 7) is 13.6. The van der Waals surface area contributed by atoms with E-state index in [4.69, 9.17) is 0 Å². The Kier molecular flexibility index (Phi) is 5.54. The third kappa shape index (κ3) is 5.32. The average molecular weight is 265 g/mol. The highest BCUT2D eigenvalue weighted by molar-refractivity contribution is 5.30. The molecule has 19 heavy (non-hydrogen) atoms. The summed E-state index contributed by atoms with van der Waals surface area (Å²) in [5.41, 5.74) is 3.02. The molecule has 0 bridgehead atoms. The molecule has 0 saturated carbocycles. The first-order valence-corrected chi connectivity index (χ1v) is 7.20. The molecule has 0 aromatic heterocycles. The molecule has 1 N–H and O–H groups in total. The molecule has 2 heteroatoms. The average Bonchev–Trinajstić information content (AvgIpc) is 2.31. The Morgan fingerprint density at radius 2 is 1.68 bits per heavy atom. The minimum atomic E-state index is -0.0653. The van der Waals surface area contributed by atoms with Crippen molar-refractivity contribution in [1.29, 1.82) is 0 Å². The molecule has 1 aromatic rings. The van der Waals surface area contributed by atoms with Gasteiger partial charge in [-0.15, -0.1) is 0 Å². The van der Waals surface area contributed by atoms with Crippen molar-refractivity contribution in [1.82, 2.24) is 5.32 Å². The summed E-state index contributed by atoms with van der Waals surface area (Å²) >= 11 is 0. The summed E-state index contributed by atoms with van der Waals surface area (Å²) in [7, 11) is 0. The van der Waals surface area contributed by atoms with Crippen LogP contribution >= 0.6 is 0 Å². The summed E-state index contributed by atoms with van der Waals surface area (Å²) in [6.07, 6.45) is 2.12. The molecule has 0 aliphatic rings. The van der Waals surface area contributed by atoms with E-state index in [1.54, 1.807) is 0 Å². The number of nitrogens with one attached hydrogen (secondary N) is 1. The number of hydrogen-bond donors (Lipinski definition) is 1. The van der Waals surface area contributed by atoms with E-state index in [1.807, 2.05) is 26.0 Å². The van der Waals surface area contributed by atoms with Crippen LogP contribution < -0.4 is 5.32 Å². The van der Waals surface area contributed by atoms with Gasteiger partial charge in [-0.1, -0.05) is 39.8 Å². The zero-order valence-electron chi connectivity index (χ0n) is 13.2. The van der Waals surface area contributed by atoms with E-state index in [0.717, 1.165) is 30.5 Å².